The van der Waals surface area contributed by atoms with E-state index < -0.39 is 5.41 Å². The number of fused-ring (bicyclic) bond motifs is 6. The molecule has 1 heterocycles. The van der Waals surface area contributed by atoms with Crippen LogP contribution in [0.3, 0.4) is 0 Å². The van der Waals surface area contributed by atoms with Crippen molar-refractivity contribution >= 4 is 39.0 Å². The molecule has 0 saturated carbocycles. The maximum atomic E-state index is 7.10. The summed E-state index contributed by atoms with van der Waals surface area (Å²) in [6, 6.07) is 81.0. The number of rotatable bonds is 7. The Kier molecular flexibility index (Phi) is 7.75. The number of anilines is 3. The minimum atomic E-state index is -0.475. The fourth-order valence-electron chi connectivity index (χ4n) is 9.27. The summed E-state index contributed by atoms with van der Waals surface area (Å²) in [6.45, 7) is 0. The van der Waals surface area contributed by atoms with Gasteiger partial charge in [-0.25, -0.2) is 0 Å². The van der Waals surface area contributed by atoms with E-state index in [0.717, 1.165) is 61.3 Å². The second-order valence-electron chi connectivity index (χ2n) is 14.8. The van der Waals surface area contributed by atoms with Gasteiger partial charge in [0.05, 0.1) is 11.1 Å². The Morgan fingerprint density at radius 1 is 0.333 bits per heavy atom. The third-order valence-electron chi connectivity index (χ3n) is 11.7. The van der Waals surface area contributed by atoms with Crippen LogP contribution < -0.4 is 4.90 Å². The SMILES string of the molecule is c1ccc(-c2cc(N(c3ccccc3)c3ccc(C4(c5ccccc5)c5ccccc5-c5ccccc54)cc3)c3oc4c(-c5ccccc5)cccc4c3c2)cc1. The van der Waals surface area contributed by atoms with Crippen LogP contribution in [-0.4, -0.2) is 0 Å². The molecule has 1 aromatic heterocycles. The van der Waals surface area contributed by atoms with E-state index in [-0.39, 0.29) is 0 Å². The molecular weight excluding hydrogens is 691 g/mol. The van der Waals surface area contributed by atoms with Crippen molar-refractivity contribution in [3.63, 3.8) is 0 Å². The Labute approximate surface area is 332 Å². The molecule has 2 nitrogen and oxygen atoms in total. The Balaban J connectivity index is 1.16. The van der Waals surface area contributed by atoms with Crippen LogP contribution in [0.5, 0.6) is 0 Å². The summed E-state index contributed by atoms with van der Waals surface area (Å²) in [4.78, 5) is 2.36. The third-order valence-corrected chi connectivity index (χ3v) is 11.7. The largest absolute Gasteiger partial charge is 0.453 e. The molecule has 0 spiro atoms. The fraction of sp³-hybridized carbons (Fsp3) is 0.0182. The predicted octanol–water partition coefficient (Wildman–Crippen LogP) is 14.8. The van der Waals surface area contributed by atoms with Gasteiger partial charge in [-0.2, -0.15) is 0 Å². The van der Waals surface area contributed by atoms with Gasteiger partial charge < -0.3 is 9.32 Å². The first-order chi connectivity index (χ1) is 28.3. The van der Waals surface area contributed by atoms with Crippen LogP contribution in [0.25, 0.3) is 55.3 Å². The number of hydrogen-bond donors (Lipinski definition) is 0. The minimum absolute atomic E-state index is 0.475. The maximum absolute atomic E-state index is 7.10. The Morgan fingerprint density at radius 3 is 1.49 bits per heavy atom. The van der Waals surface area contributed by atoms with Gasteiger partial charge in [-0.05, 0) is 86.5 Å². The van der Waals surface area contributed by atoms with Crippen molar-refractivity contribution in [2.75, 3.05) is 4.90 Å². The number of hydrogen-bond acceptors (Lipinski definition) is 2. The summed E-state index contributed by atoms with van der Waals surface area (Å²) >= 11 is 0. The van der Waals surface area contributed by atoms with E-state index in [1.165, 1.54) is 33.4 Å². The van der Waals surface area contributed by atoms with Crippen LogP contribution in [0, 0.1) is 0 Å². The van der Waals surface area contributed by atoms with Gasteiger partial charge in [0.15, 0.2) is 5.58 Å². The molecule has 0 N–H and O–H groups in total. The van der Waals surface area contributed by atoms with E-state index in [1.807, 2.05) is 0 Å². The van der Waals surface area contributed by atoms with Gasteiger partial charge in [-0.15, -0.1) is 0 Å². The fourth-order valence-corrected chi connectivity index (χ4v) is 9.27. The van der Waals surface area contributed by atoms with Crippen LogP contribution in [0.1, 0.15) is 22.3 Å². The number of para-hydroxylation sites is 2. The van der Waals surface area contributed by atoms with E-state index in [9.17, 15) is 0 Å². The summed E-state index contributed by atoms with van der Waals surface area (Å²) < 4.78 is 7.10. The lowest BCUT2D eigenvalue weighted by molar-refractivity contribution is 0.670. The van der Waals surface area contributed by atoms with Crippen molar-refractivity contribution in [2.45, 2.75) is 5.41 Å². The van der Waals surface area contributed by atoms with Crippen molar-refractivity contribution in [1.82, 2.24) is 0 Å². The molecule has 10 aromatic rings. The van der Waals surface area contributed by atoms with Crippen molar-refractivity contribution in [3.8, 4) is 33.4 Å². The van der Waals surface area contributed by atoms with Crippen molar-refractivity contribution < 1.29 is 4.42 Å². The molecule has 0 saturated heterocycles. The zero-order valence-corrected chi connectivity index (χ0v) is 31.2. The average Bonchev–Trinajstić information content (AvgIpc) is 3.82. The highest BCUT2D eigenvalue weighted by atomic mass is 16.3. The highest BCUT2D eigenvalue weighted by Crippen LogP contribution is 2.56. The molecule has 268 valence electrons. The van der Waals surface area contributed by atoms with Gasteiger partial charge in [-0.1, -0.05) is 188 Å². The molecule has 0 amide bonds. The molecule has 1 aliphatic carbocycles. The molecule has 57 heavy (non-hydrogen) atoms. The summed E-state index contributed by atoms with van der Waals surface area (Å²) in [5.41, 5.74) is 16.5. The number of nitrogens with zero attached hydrogens (tertiary/aromatic N) is 1. The van der Waals surface area contributed by atoms with Crippen LogP contribution in [0.15, 0.2) is 229 Å². The maximum Gasteiger partial charge on any atom is 0.159 e. The number of furan rings is 1. The lowest BCUT2D eigenvalue weighted by Gasteiger charge is -2.34. The molecule has 2 heteroatoms. The molecule has 0 aliphatic heterocycles. The molecule has 11 rings (SSSR count). The van der Waals surface area contributed by atoms with E-state index in [4.69, 9.17) is 4.42 Å². The molecule has 9 aromatic carbocycles. The molecule has 0 fully saturated rings. The van der Waals surface area contributed by atoms with Crippen LogP contribution >= 0.6 is 0 Å². The van der Waals surface area contributed by atoms with Crippen LogP contribution in [-0.2, 0) is 5.41 Å². The van der Waals surface area contributed by atoms with Gasteiger partial charge in [0.1, 0.15) is 5.58 Å². The zero-order valence-electron chi connectivity index (χ0n) is 31.2. The second kappa shape index (κ2) is 13.4. The summed E-state index contributed by atoms with van der Waals surface area (Å²) in [5, 5.41) is 2.18. The van der Waals surface area contributed by atoms with E-state index >= 15 is 0 Å². The minimum Gasteiger partial charge on any atom is -0.453 e. The van der Waals surface area contributed by atoms with E-state index in [2.05, 4.69) is 229 Å². The van der Waals surface area contributed by atoms with Crippen molar-refractivity contribution in [3.05, 3.63) is 247 Å². The topological polar surface area (TPSA) is 16.4 Å². The monoisotopic (exact) mass is 727 g/mol. The zero-order chi connectivity index (χ0) is 37.8. The number of benzene rings is 9. The molecule has 0 unspecified atom stereocenters. The molecule has 0 radical (unpaired) electrons. The van der Waals surface area contributed by atoms with Crippen molar-refractivity contribution in [1.29, 1.82) is 0 Å². The molecular formula is C55H37NO. The van der Waals surface area contributed by atoms with Crippen LogP contribution in [0.2, 0.25) is 0 Å². The van der Waals surface area contributed by atoms with Gasteiger partial charge in [-0.3, -0.25) is 0 Å². The lowest BCUT2D eigenvalue weighted by Crippen LogP contribution is -2.28. The first-order valence-corrected chi connectivity index (χ1v) is 19.6. The highest BCUT2D eigenvalue weighted by molar-refractivity contribution is 6.15. The van der Waals surface area contributed by atoms with E-state index in [0.29, 0.717) is 0 Å². The van der Waals surface area contributed by atoms with E-state index in [1.54, 1.807) is 0 Å². The Morgan fingerprint density at radius 2 is 0.842 bits per heavy atom. The molecule has 0 atom stereocenters. The average molecular weight is 728 g/mol. The van der Waals surface area contributed by atoms with Crippen LogP contribution in [0.4, 0.5) is 17.1 Å². The highest BCUT2D eigenvalue weighted by Gasteiger charge is 2.45. The summed E-state index contributed by atoms with van der Waals surface area (Å²) in [5.74, 6) is 0. The predicted molar refractivity (Wildman–Crippen MR) is 237 cm³/mol. The second-order valence-corrected chi connectivity index (χ2v) is 14.8. The lowest BCUT2D eigenvalue weighted by atomic mass is 9.68. The standard InChI is InChI=1S/C55H37NO/c1-5-18-38(19-6-1)40-36-49-48-29-17-28-45(39-20-7-2-8-21-39)53(48)57-54(49)52(37-40)56(43-24-11-4-12-25-43)44-34-32-42(33-35-44)55(41-22-9-3-10-23-41)50-30-15-13-26-46(50)47-27-14-16-31-51(47)55/h1-37H. The Bertz CT molecular complexity index is 2990. The first kappa shape index (κ1) is 33.0. The summed E-state index contributed by atoms with van der Waals surface area (Å²) in [6.07, 6.45) is 0. The quantitative estimate of drug-likeness (QED) is 0.163. The molecule has 1 aliphatic rings. The van der Waals surface area contributed by atoms with Gasteiger partial charge >= 0.3 is 0 Å². The van der Waals surface area contributed by atoms with Gasteiger partial charge in [0.25, 0.3) is 0 Å². The Hall–Kier alpha value is -7.42. The molecule has 0 bridgehead atoms. The van der Waals surface area contributed by atoms with Gasteiger partial charge in [0.2, 0.25) is 0 Å². The smallest absolute Gasteiger partial charge is 0.159 e. The van der Waals surface area contributed by atoms with Gasteiger partial charge in [0, 0.05) is 27.7 Å². The van der Waals surface area contributed by atoms with Crippen molar-refractivity contribution in [2.24, 2.45) is 0 Å². The summed E-state index contributed by atoms with van der Waals surface area (Å²) in [7, 11) is 0. The first-order valence-electron chi connectivity index (χ1n) is 19.6. The third kappa shape index (κ3) is 5.18. The normalized spacial score (nSPS) is 12.7.